The smallest absolute Gasteiger partial charge is 0.0682 e. The molecule has 3 saturated carbocycles. The number of aliphatic hydroxyl groups excluding tert-OH is 1. The van der Waals surface area contributed by atoms with Crippen molar-refractivity contribution in [3.05, 3.63) is 11.6 Å². The molecule has 0 bridgehead atoms. The maximum atomic E-state index is 11.1. The van der Waals surface area contributed by atoms with E-state index in [0.29, 0.717) is 28.1 Å². The van der Waals surface area contributed by atoms with Gasteiger partial charge in [-0.25, -0.2) is 0 Å². The van der Waals surface area contributed by atoms with E-state index >= 15 is 0 Å². The van der Waals surface area contributed by atoms with E-state index in [1.165, 1.54) is 38.5 Å². The zero-order valence-electron chi connectivity index (χ0n) is 22.2. The summed E-state index contributed by atoms with van der Waals surface area (Å²) in [4.78, 5) is 0. The van der Waals surface area contributed by atoms with Crippen LogP contribution >= 0.6 is 0 Å². The van der Waals surface area contributed by atoms with Crippen molar-refractivity contribution in [1.29, 1.82) is 0 Å². The molecular weight excluding hydrogens is 392 g/mol. The lowest BCUT2D eigenvalue weighted by Crippen LogP contribution is -2.52. The fourth-order valence-electron chi connectivity index (χ4n) is 9.03. The van der Waals surface area contributed by atoms with Crippen molar-refractivity contribution in [2.45, 2.75) is 131 Å². The molecule has 2 heteroatoms. The molecule has 4 aliphatic carbocycles. The standard InChI is InChI=1S/C30H52O2/c1-8-30(32)18-17-28(6)21(19-30)9-10-22-24-12-11-23(29(24,7)16-13-25(22)28)20(2)26(31)14-15-27(3,4)5/h9,20,22-26,31-32H,8,10-19H2,1-7H3/t20?,22-,23+,24-,25-,26?,28-,29+,30-/m0/s1. The summed E-state index contributed by atoms with van der Waals surface area (Å²) in [5.41, 5.74) is 2.12. The van der Waals surface area contributed by atoms with E-state index < -0.39 is 5.60 Å². The number of rotatable bonds is 5. The summed E-state index contributed by atoms with van der Waals surface area (Å²) in [6.45, 7) is 16.5. The van der Waals surface area contributed by atoms with Crippen molar-refractivity contribution in [3.8, 4) is 0 Å². The van der Waals surface area contributed by atoms with E-state index in [4.69, 9.17) is 0 Å². The molecule has 32 heavy (non-hydrogen) atoms. The van der Waals surface area contributed by atoms with Gasteiger partial charge in [-0.3, -0.25) is 0 Å². The second kappa shape index (κ2) is 8.40. The number of hydrogen-bond donors (Lipinski definition) is 2. The first kappa shape index (κ1) is 24.8. The van der Waals surface area contributed by atoms with Gasteiger partial charge in [0, 0.05) is 0 Å². The fourth-order valence-corrected chi connectivity index (χ4v) is 9.03. The van der Waals surface area contributed by atoms with E-state index in [1.54, 1.807) is 5.57 Å². The molecule has 4 aliphatic rings. The van der Waals surface area contributed by atoms with Crippen LogP contribution in [0.4, 0.5) is 0 Å². The number of fused-ring (bicyclic) bond motifs is 5. The van der Waals surface area contributed by atoms with Gasteiger partial charge < -0.3 is 10.2 Å². The number of hydrogen-bond acceptors (Lipinski definition) is 2. The molecule has 0 aromatic carbocycles. The van der Waals surface area contributed by atoms with Gasteiger partial charge in [0.25, 0.3) is 0 Å². The molecule has 2 nitrogen and oxygen atoms in total. The molecule has 3 fully saturated rings. The zero-order valence-corrected chi connectivity index (χ0v) is 22.2. The minimum atomic E-state index is -0.460. The van der Waals surface area contributed by atoms with Gasteiger partial charge in [-0.1, -0.05) is 60.1 Å². The molecule has 0 aromatic rings. The Morgan fingerprint density at radius 3 is 2.44 bits per heavy atom. The van der Waals surface area contributed by atoms with E-state index in [0.717, 1.165) is 49.9 Å². The van der Waals surface area contributed by atoms with Gasteiger partial charge >= 0.3 is 0 Å². The summed E-state index contributed by atoms with van der Waals surface area (Å²) in [5, 5.41) is 22.1. The molecule has 0 aromatic heterocycles. The maximum Gasteiger partial charge on any atom is 0.0682 e. The molecule has 0 radical (unpaired) electrons. The molecule has 9 atom stereocenters. The molecule has 0 aliphatic heterocycles. The molecular formula is C30H52O2. The average Bonchev–Trinajstić information content (AvgIpc) is 3.08. The van der Waals surface area contributed by atoms with Gasteiger partial charge in [0.2, 0.25) is 0 Å². The molecule has 0 spiro atoms. The lowest BCUT2D eigenvalue weighted by molar-refractivity contribution is -0.0820. The summed E-state index contributed by atoms with van der Waals surface area (Å²) < 4.78 is 0. The normalized spacial score (nSPS) is 46.0. The van der Waals surface area contributed by atoms with Crippen LogP contribution in [-0.2, 0) is 0 Å². The van der Waals surface area contributed by atoms with Crippen molar-refractivity contribution in [2.24, 2.45) is 45.8 Å². The number of allylic oxidation sites excluding steroid dienone is 1. The minimum Gasteiger partial charge on any atom is -0.393 e. The highest BCUT2D eigenvalue weighted by Gasteiger charge is 2.60. The summed E-state index contributed by atoms with van der Waals surface area (Å²) in [6.07, 6.45) is 15.0. The molecule has 2 unspecified atom stereocenters. The Bertz CT molecular complexity index is 719. The SMILES string of the molecule is CC[C@]1(O)CC[C@@]2(C)C(=CC[C@H]3[C@@H]4CC[C@H](C(C)C(O)CCC(C)(C)C)[C@@]4(C)CC[C@@H]32)C1. The molecule has 4 rings (SSSR count). The van der Waals surface area contributed by atoms with Crippen molar-refractivity contribution in [2.75, 3.05) is 0 Å². The Balaban J connectivity index is 1.50. The Hall–Kier alpha value is -0.340. The lowest BCUT2D eigenvalue weighted by Gasteiger charge is -2.59. The van der Waals surface area contributed by atoms with Crippen LogP contribution < -0.4 is 0 Å². The minimum absolute atomic E-state index is 0.159. The molecule has 2 N–H and O–H groups in total. The van der Waals surface area contributed by atoms with Crippen molar-refractivity contribution in [3.63, 3.8) is 0 Å². The second-order valence-electron chi connectivity index (χ2n) is 14.3. The van der Waals surface area contributed by atoms with Crippen molar-refractivity contribution in [1.82, 2.24) is 0 Å². The van der Waals surface area contributed by atoms with Crippen LogP contribution in [0.1, 0.15) is 119 Å². The monoisotopic (exact) mass is 444 g/mol. The van der Waals surface area contributed by atoms with Crippen LogP contribution in [-0.4, -0.2) is 21.9 Å². The van der Waals surface area contributed by atoms with E-state index in [9.17, 15) is 10.2 Å². The Morgan fingerprint density at radius 1 is 1.06 bits per heavy atom. The summed E-state index contributed by atoms with van der Waals surface area (Å²) in [6, 6.07) is 0. The Kier molecular flexibility index (Phi) is 6.50. The van der Waals surface area contributed by atoms with E-state index in [-0.39, 0.29) is 6.10 Å². The largest absolute Gasteiger partial charge is 0.393 e. The quantitative estimate of drug-likeness (QED) is 0.430. The van der Waals surface area contributed by atoms with Gasteiger partial charge in [-0.15, -0.1) is 0 Å². The van der Waals surface area contributed by atoms with Crippen molar-refractivity contribution >= 4 is 0 Å². The van der Waals surface area contributed by atoms with Crippen molar-refractivity contribution < 1.29 is 10.2 Å². The zero-order chi connectivity index (χ0) is 23.5. The molecule has 184 valence electrons. The van der Waals surface area contributed by atoms with Crippen LogP contribution in [0.25, 0.3) is 0 Å². The first-order valence-electron chi connectivity index (χ1n) is 13.9. The average molecular weight is 445 g/mol. The number of aliphatic hydroxyl groups is 2. The van der Waals surface area contributed by atoms with Gasteiger partial charge in [0.1, 0.15) is 0 Å². The third-order valence-corrected chi connectivity index (χ3v) is 11.4. The van der Waals surface area contributed by atoms with Crippen LogP contribution in [0.15, 0.2) is 11.6 Å². The van der Waals surface area contributed by atoms with E-state index in [1.807, 2.05) is 0 Å². The summed E-state index contributed by atoms with van der Waals surface area (Å²) >= 11 is 0. The lowest BCUT2D eigenvalue weighted by atomic mass is 9.46. The summed E-state index contributed by atoms with van der Waals surface area (Å²) in [5.74, 6) is 3.48. The Morgan fingerprint density at radius 2 is 1.78 bits per heavy atom. The van der Waals surface area contributed by atoms with Gasteiger partial charge in [-0.05, 0) is 116 Å². The highest BCUT2D eigenvalue weighted by Crippen LogP contribution is 2.67. The maximum absolute atomic E-state index is 11.1. The predicted molar refractivity (Wildman–Crippen MR) is 134 cm³/mol. The Labute approximate surface area is 198 Å². The van der Waals surface area contributed by atoms with Gasteiger partial charge in [-0.2, -0.15) is 0 Å². The van der Waals surface area contributed by atoms with Gasteiger partial charge in [0.05, 0.1) is 11.7 Å². The second-order valence-corrected chi connectivity index (χ2v) is 14.3. The highest BCUT2D eigenvalue weighted by molar-refractivity contribution is 5.27. The predicted octanol–water partition coefficient (Wildman–Crippen LogP) is 7.53. The fraction of sp³-hybridized carbons (Fsp3) is 0.933. The summed E-state index contributed by atoms with van der Waals surface area (Å²) in [7, 11) is 0. The molecule has 0 saturated heterocycles. The third kappa shape index (κ3) is 4.15. The first-order valence-corrected chi connectivity index (χ1v) is 13.9. The highest BCUT2D eigenvalue weighted by atomic mass is 16.3. The molecule has 0 amide bonds. The van der Waals surface area contributed by atoms with Gasteiger partial charge in [0.15, 0.2) is 0 Å². The van der Waals surface area contributed by atoms with E-state index in [2.05, 4.69) is 54.5 Å². The molecule has 0 heterocycles. The topological polar surface area (TPSA) is 40.5 Å². The van der Waals surface area contributed by atoms with Crippen LogP contribution in [0.3, 0.4) is 0 Å². The van der Waals surface area contributed by atoms with Crippen LogP contribution in [0.5, 0.6) is 0 Å². The van der Waals surface area contributed by atoms with Crippen LogP contribution in [0, 0.1) is 45.8 Å². The van der Waals surface area contributed by atoms with Crippen LogP contribution in [0.2, 0.25) is 0 Å². The third-order valence-electron chi connectivity index (χ3n) is 11.4. The first-order chi connectivity index (χ1) is 14.8.